The average molecular weight is 270 g/mol. The number of carbonyl (C=O) groups is 2. The highest BCUT2D eigenvalue weighted by atomic mass is 16.5. The summed E-state index contributed by atoms with van der Waals surface area (Å²) in [7, 11) is 1.82. The predicted molar refractivity (Wildman–Crippen MR) is 73.8 cm³/mol. The number of ether oxygens (including phenoxy) is 1. The second kappa shape index (κ2) is 8.91. The molecule has 19 heavy (non-hydrogen) atoms. The molecule has 1 saturated carbocycles. The van der Waals surface area contributed by atoms with Crippen molar-refractivity contribution in [1.29, 1.82) is 0 Å². The summed E-state index contributed by atoms with van der Waals surface area (Å²) in [5, 5.41) is 3.07. The van der Waals surface area contributed by atoms with Gasteiger partial charge in [-0.3, -0.25) is 14.5 Å². The largest absolute Gasteiger partial charge is 0.465 e. The Labute approximate surface area is 115 Å². The standard InChI is InChI=1S/C14H26N2O3/c1-3-19-14(18)11-16(2)10-9-13(17)15-12-7-5-4-6-8-12/h12H,3-11H2,1-2H3,(H,15,17). The van der Waals surface area contributed by atoms with Crippen LogP contribution in [0.2, 0.25) is 0 Å². The minimum absolute atomic E-state index is 0.0857. The topological polar surface area (TPSA) is 58.6 Å². The zero-order valence-corrected chi connectivity index (χ0v) is 12.1. The molecule has 1 fully saturated rings. The fourth-order valence-corrected chi connectivity index (χ4v) is 2.35. The van der Waals surface area contributed by atoms with Crippen LogP contribution < -0.4 is 5.32 Å². The van der Waals surface area contributed by atoms with Crippen LogP contribution in [0.15, 0.2) is 0 Å². The van der Waals surface area contributed by atoms with E-state index in [1.54, 1.807) is 6.92 Å². The summed E-state index contributed by atoms with van der Waals surface area (Å²) < 4.78 is 4.86. The lowest BCUT2D eigenvalue weighted by molar-refractivity contribution is -0.144. The Hall–Kier alpha value is -1.10. The number of amides is 1. The number of rotatable bonds is 7. The summed E-state index contributed by atoms with van der Waals surface area (Å²) >= 11 is 0. The van der Waals surface area contributed by atoms with Crippen molar-refractivity contribution >= 4 is 11.9 Å². The fraction of sp³-hybridized carbons (Fsp3) is 0.857. The van der Waals surface area contributed by atoms with Gasteiger partial charge in [-0.05, 0) is 26.8 Å². The molecule has 1 amide bonds. The minimum Gasteiger partial charge on any atom is -0.465 e. The summed E-state index contributed by atoms with van der Waals surface area (Å²) in [5.41, 5.74) is 0. The zero-order valence-electron chi connectivity index (χ0n) is 12.1. The second-order valence-electron chi connectivity index (χ2n) is 5.20. The third-order valence-corrected chi connectivity index (χ3v) is 3.40. The molecule has 1 rings (SSSR count). The molecule has 1 N–H and O–H groups in total. The molecule has 5 heteroatoms. The second-order valence-corrected chi connectivity index (χ2v) is 5.20. The molecule has 0 aromatic rings. The third kappa shape index (κ3) is 7.15. The Kier molecular flexibility index (Phi) is 7.48. The number of esters is 1. The maximum Gasteiger partial charge on any atom is 0.320 e. The molecule has 0 radical (unpaired) electrons. The highest BCUT2D eigenvalue weighted by Crippen LogP contribution is 2.17. The molecule has 5 nitrogen and oxygen atoms in total. The monoisotopic (exact) mass is 270 g/mol. The van der Waals surface area contributed by atoms with E-state index in [0.717, 1.165) is 12.8 Å². The molecule has 110 valence electrons. The molecule has 0 aromatic heterocycles. The van der Waals surface area contributed by atoms with Gasteiger partial charge in [0, 0.05) is 19.0 Å². The molecule has 0 heterocycles. The van der Waals surface area contributed by atoms with Gasteiger partial charge in [-0.25, -0.2) is 0 Å². The van der Waals surface area contributed by atoms with Crippen LogP contribution in [0.1, 0.15) is 45.4 Å². The van der Waals surface area contributed by atoms with Crippen molar-refractivity contribution in [3.05, 3.63) is 0 Å². The number of carbonyl (C=O) groups excluding carboxylic acids is 2. The van der Waals surface area contributed by atoms with Crippen LogP contribution in [-0.4, -0.2) is 49.6 Å². The Morgan fingerprint density at radius 1 is 1.26 bits per heavy atom. The summed E-state index contributed by atoms with van der Waals surface area (Å²) in [6.45, 7) is 3.01. The number of hydrogen-bond acceptors (Lipinski definition) is 4. The van der Waals surface area contributed by atoms with Crippen molar-refractivity contribution in [3.63, 3.8) is 0 Å². The average Bonchev–Trinajstić information content (AvgIpc) is 2.38. The van der Waals surface area contributed by atoms with Gasteiger partial charge in [-0.1, -0.05) is 19.3 Å². The quantitative estimate of drug-likeness (QED) is 0.709. The molecule has 0 aromatic carbocycles. The van der Waals surface area contributed by atoms with E-state index in [0.29, 0.717) is 25.6 Å². The van der Waals surface area contributed by atoms with Crippen LogP contribution in [0.4, 0.5) is 0 Å². The van der Waals surface area contributed by atoms with E-state index in [2.05, 4.69) is 5.32 Å². The van der Waals surface area contributed by atoms with Gasteiger partial charge in [-0.2, -0.15) is 0 Å². The molecular weight excluding hydrogens is 244 g/mol. The lowest BCUT2D eigenvalue weighted by Gasteiger charge is -2.23. The number of nitrogens with one attached hydrogen (secondary N) is 1. The van der Waals surface area contributed by atoms with E-state index in [9.17, 15) is 9.59 Å². The van der Waals surface area contributed by atoms with Crippen molar-refractivity contribution in [2.45, 2.75) is 51.5 Å². The van der Waals surface area contributed by atoms with E-state index in [1.807, 2.05) is 11.9 Å². The maximum absolute atomic E-state index is 11.8. The van der Waals surface area contributed by atoms with Crippen LogP contribution in [0.5, 0.6) is 0 Å². The summed E-state index contributed by atoms with van der Waals surface area (Å²) in [6.07, 6.45) is 6.36. The Bertz CT molecular complexity index is 288. The SMILES string of the molecule is CCOC(=O)CN(C)CCC(=O)NC1CCCCC1. The molecule has 0 atom stereocenters. The molecule has 0 aliphatic heterocycles. The molecule has 0 unspecified atom stereocenters. The minimum atomic E-state index is -0.238. The first-order chi connectivity index (χ1) is 9.11. The lowest BCUT2D eigenvalue weighted by Crippen LogP contribution is -2.38. The van der Waals surface area contributed by atoms with Crippen LogP contribution >= 0.6 is 0 Å². The zero-order chi connectivity index (χ0) is 14.1. The summed E-state index contributed by atoms with van der Waals surface area (Å²) in [6, 6.07) is 0.358. The number of likely N-dealkylation sites (N-methyl/N-ethyl adjacent to an activating group) is 1. The Morgan fingerprint density at radius 3 is 2.58 bits per heavy atom. The molecule has 0 spiro atoms. The first-order valence-electron chi connectivity index (χ1n) is 7.25. The first kappa shape index (κ1) is 16.0. The molecular formula is C14H26N2O3. The third-order valence-electron chi connectivity index (χ3n) is 3.40. The first-order valence-corrected chi connectivity index (χ1v) is 7.25. The normalized spacial score (nSPS) is 16.4. The Balaban J connectivity index is 2.12. The highest BCUT2D eigenvalue weighted by Gasteiger charge is 2.16. The smallest absolute Gasteiger partial charge is 0.320 e. The molecule has 1 aliphatic carbocycles. The molecule has 0 bridgehead atoms. The van der Waals surface area contributed by atoms with Gasteiger partial charge >= 0.3 is 5.97 Å². The van der Waals surface area contributed by atoms with Gasteiger partial charge in [0.2, 0.25) is 5.91 Å². The summed E-state index contributed by atoms with van der Waals surface area (Å²) in [5.74, 6) is -0.153. The van der Waals surface area contributed by atoms with Gasteiger partial charge in [0.15, 0.2) is 0 Å². The van der Waals surface area contributed by atoms with E-state index < -0.39 is 0 Å². The van der Waals surface area contributed by atoms with E-state index in [1.165, 1.54) is 19.3 Å². The van der Waals surface area contributed by atoms with Gasteiger partial charge in [-0.15, -0.1) is 0 Å². The number of nitrogens with zero attached hydrogens (tertiary/aromatic N) is 1. The predicted octanol–water partition coefficient (Wildman–Crippen LogP) is 1.32. The lowest BCUT2D eigenvalue weighted by atomic mass is 9.95. The van der Waals surface area contributed by atoms with E-state index >= 15 is 0 Å². The fourth-order valence-electron chi connectivity index (χ4n) is 2.35. The Morgan fingerprint density at radius 2 is 1.95 bits per heavy atom. The highest BCUT2D eigenvalue weighted by molar-refractivity contribution is 5.76. The summed E-state index contributed by atoms with van der Waals surface area (Å²) in [4.78, 5) is 24.8. The van der Waals surface area contributed by atoms with Crippen molar-refractivity contribution in [2.75, 3.05) is 26.7 Å². The van der Waals surface area contributed by atoms with Gasteiger partial charge in [0.05, 0.1) is 13.2 Å². The van der Waals surface area contributed by atoms with Gasteiger partial charge in [0.25, 0.3) is 0 Å². The molecule has 0 saturated heterocycles. The van der Waals surface area contributed by atoms with E-state index in [-0.39, 0.29) is 18.4 Å². The van der Waals surface area contributed by atoms with Crippen LogP contribution in [0, 0.1) is 0 Å². The van der Waals surface area contributed by atoms with Crippen LogP contribution in [-0.2, 0) is 14.3 Å². The van der Waals surface area contributed by atoms with Crippen molar-refractivity contribution in [1.82, 2.24) is 10.2 Å². The van der Waals surface area contributed by atoms with Crippen molar-refractivity contribution in [2.24, 2.45) is 0 Å². The van der Waals surface area contributed by atoms with Gasteiger partial charge < -0.3 is 10.1 Å². The molecule has 1 aliphatic rings. The number of hydrogen-bond donors (Lipinski definition) is 1. The van der Waals surface area contributed by atoms with Crippen molar-refractivity contribution < 1.29 is 14.3 Å². The van der Waals surface area contributed by atoms with Gasteiger partial charge in [0.1, 0.15) is 0 Å². The van der Waals surface area contributed by atoms with Crippen LogP contribution in [0.3, 0.4) is 0 Å². The van der Waals surface area contributed by atoms with Crippen molar-refractivity contribution in [3.8, 4) is 0 Å². The maximum atomic E-state index is 11.8. The van der Waals surface area contributed by atoms with E-state index in [4.69, 9.17) is 4.74 Å². The van der Waals surface area contributed by atoms with Crippen LogP contribution in [0.25, 0.3) is 0 Å².